The van der Waals surface area contributed by atoms with Crippen LogP contribution in [0.1, 0.15) is 17.2 Å². The molecule has 0 aliphatic heterocycles. The van der Waals surface area contributed by atoms with E-state index in [2.05, 4.69) is 10.3 Å². The lowest BCUT2D eigenvalue weighted by molar-refractivity contribution is -0.138. The molecule has 112 valence electrons. The molecule has 1 heterocycles. The van der Waals surface area contributed by atoms with Gasteiger partial charge in [-0.05, 0) is 24.6 Å². The highest BCUT2D eigenvalue weighted by Crippen LogP contribution is 2.28. The second kappa shape index (κ2) is 5.48. The molecular weight excluding hydrogens is 287 g/mol. The van der Waals surface area contributed by atoms with Crippen molar-refractivity contribution >= 4 is 22.8 Å². The summed E-state index contributed by atoms with van der Waals surface area (Å²) in [6.07, 6.45) is 1.13. The van der Waals surface area contributed by atoms with Gasteiger partial charge < -0.3 is 14.8 Å². The smallest absolute Gasteiger partial charge is 0.330 e. The molecule has 1 aromatic heterocycles. The number of carboxylic acid groups (broad SMARTS) is 1. The first-order chi connectivity index (χ1) is 10.6. The second-order valence-corrected chi connectivity index (χ2v) is 4.90. The second-order valence-electron chi connectivity index (χ2n) is 4.90. The molecule has 3 rings (SSSR count). The van der Waals surface area contributed by atoms with Crippen LogP contribution in [0.2, 0.25) is 0 Å². The third-order valence-corrected chi connectivity index (χ3v) is 3.47. The van der Waals surface area contributed by atoms with Gasteiger partial charge in [-0.15, -0.1) is 0 Å². The number of aromatic nitrogens is 1. The summed E-state index contributed by atoms with van der Waals surface area (Å²) in [4.78, 5) is 15.4. The molecule has 1 atom stereocenters. The number of rotatable bonds is 4. The summed E-state index contributed by atoms with van der Waals surface area (Å²) in [5, 5.41) is 12.3. The Morgan fingerprint density at radius 2 is 2.09 bits per heavy atom. The predicted molar refractivity (Wildman–Crippen MR) is 79.1 cm³/mol. The molecule has 2 aromatic carbocycles. The summed E-state index contributed by atoms with van der Waals surface area (Å²) in [6, 6.07) is 8.93. The predicted octanol–water partition coefficient (Wildman–Crippen LogP) is 3.51. The highest BCUT2D eigenvalue weighted by molar-refractivity contribution is 5.82. The number of oxazole rings is 1. The number of carbonyl (C=O) groups is 1. The van der Waals surface area contributed by atoms with E-state index in [0.717, 1.165) is 12.0 Å². The summed E-state index contributed by atoms with van der Waals surface area (Å²) in [5.41, 5.74) is 1.80. The van der Waals surface area contributed by atoms with Gasteiger partial charge in [0.05, 0.1) is 0 Å². The van der Waals surface area contributed by atoms with Crippen LogP contribution in [-0.4, -0.2) is 16.1 Å². The maximum absolute atomic E-state index is 14.5. The van der Waals surface area contributed by atoms with E-state index >= 15 is 0 Å². The Hall–Kier alpha value is -2.89. The van der Waals surface area contributed by atoms with Crippen molar-refractivity contribution in [1.29, 1.82) is 0 Å². The molecule has 1 unspecified atom stereocenters. The zero-order valence-electron chi connectivity index (χ0n) is 11.7. The van der Waals surface area contributed by atoms with Gasteiger partial charge in [-0.2, -0.15) is 0 Å². The van der Waals surface area contributed by atoms with Gasteiger partial charge in [0, 0.05) is 11.3 Å². The molecule has 0 spiro atoms. The average molecular weight is 300 g/mol. The maximum atomic E-state index is 14.5. The van der Waals surface area contributed by atoms with Gasteiger partial charge >= 0.3 is 5.97 Å². The summed E-state index contributed by atoms with van der Waals surface area (Å²) in [6.45, 7) is 1.84. The molecule has 0 bridgehead atoms. The fourth-order valence-corrected chi connectivity index (χ4v) is 2.30. The molecule has 5 nitrogen and oxygen atoms in total. The number of aliphatic carboxylic acids is 1. The molecule has 2 N–H and O–H groups in total. The van der Waals surface area contributed by atoms with Crippen LogP contribution in [0.4, 0.5) is 10.1 Å². The Morgan fingerprint density at radius 1 is 1.32 bits per heavy atom. The van der Waals surface area contributed by atoms with Crippen molar-refractivity contribution in [2.75, 3.05) is 5.32 Å². The molecule has 0 aliphatic rings. The quantitative estimate of drug-likeness (QED) is 0.771. The molecule has 3 aromatic rings. The number of para-hydroxylation sites is 1. The minimum atomic E-state index is -1.23. The van der Waals surface area contributed by atoms with Crippen LogP contribution in [0.5, 0.6) is 0 Å². The van der Waals surface area contributed by atoms with Crippen molar-refractivity contribution in [2.24, 2.45) is 0 Å². The van der Waals surface area contributed by atoms with E-state index in [1.807, 2.05) is 19.1 Å². The minimum Gasteiger partial charge on any atom is -0.479 e. The molecular formula is C16H13FN2O3. The average Bonchev–Trinajstić information content (AvgIpc) is 2.97. The number of carboxylic acids is 1. The molecule has 0 saturated carbocycles. The highest BCUT2D eigenvalue weighted by Gasteiger charge is 2.25. The topological polar surface area (TPSA) is 75.4 Å². The van der Waals surface area contributed by atoms with E-state index in [9.17, 15) is 14.3 Å². The Labute approximate surface area is 125 Å². The van der Waals surface area contributed by atoms with Gasteiger partial charge in [-0.1, -0.05) is 24.3 Å². The number of aryl methyl sites for hydroxylation is 1. The van der Waals surface area contributed by atoms with Crippen molar-refractivity contribution in [3.8, 4) is 0 Å². The Balaban J connectivity index is 2.05. The standard InChI is InChI=1S/C16H13FN2O3/c1-9-4-2-3-5-11(9)19-14(16(20)21)10-6-7-12-15(13(10)17)22-8-18-12/h2-8,14,19H,1H3,(H,20,21). The molecule has 0 radical (unpaired) electrons. The maximum Gasteiger partial charge on any atom is 0.330 e. The van der Waals surface area contributed by atoms with E-state index in [0.29, 0.717) is 11.2 Å². The molecule has 6 heteroatoms. The lowest BCUT2D eigenvalue weighted by Crippen LogP contribution is -2.22. The number of halogens is 1. The van der Waals surface area contributed by atoms with E-state index in [-0.39, 0.29) is 11.1 Å². The van der Waals surface area contributed by atoms with Crippen molar-refractivity contribution < 1.29 is 18.7 Å². The number of benzene rings is 2. The van der Waals surface area contributed by atoms with E-state index in [1.165, 1.54) is 12.1 Å². The van der Waals surface area contributed by atoms with Gasteiger partial charge in [0.2, 0.25) is 0 Å². The third kappa shape index (κ3) is 2.39. The number of hydrogen-bond acceptors (Lipinski definition) is 4. The fraction of sp³-hybridized carbons (Fsp3) is 0.125. The monoisotopic (exact) mass is 300 g/mol. The number of nitrogens with one attached hydrogen (secondary N) is 1. The fourth-order valence-electron chi connectivity index (χ4n) is 2.30. The summed E-state index contributed by atoms with van der Waals surface area (Å²) in [5.74, 6) is -1.90. The van der Waals surface area contributed by atoms with Crippen LogP contribution >= 0.6 is 0 Å². The summed E-state index contributed by atoms with van der Waals surface area (Å²) < 4.78 is 19.5. The van der Waals surface area contributed by atoms with Crippen LogP contribution in [0, 0.1) is 12.7 Å². The lowest BCUT2D eigenvalue weighted by atomic mass is 10.0. The van der Waals surface area contributed by atoms with Gasteiger partial charge in [-0.25, -0.2) is 14.2 Å². The number of fused-ring (bicyclic) bond motifs is 1. The summed E-state index contributed by atoms with van der Waals surface area (Å²) >= 11 is 0. The lowest BCUT2D eigenvalue weighted by Gasteiger charge is -2.18. The van der Waals surface area contributed by atoms with Crippen LogP contribution in [0.3, 0.4) is 0 Å². The van der Waals surface area contributed by atoms with Crippen LogP contribution in [0.15, 0.2) is 47.2 Å². The first-order valence-electron chi connectivity index (χ1n) is 6.64. The van der Waals surface area contributed by atoms with E-state index < -0.39 is 17.8 Å². The normalized spacial score (nSPS) is 12.3. The van der Waals surface area contributed by atoms with Gasteiger partial charge in [0.1, 0.15) is 5.52 Å². The largest absolute Gasteiger partial charge is 0.479 e. The van der Waals surface area contributed by atoms with E-state index in [1.54, 1.807) is 12.1 Å². The molecule has 22 heavy (non-hydrogen) atoms. The van der Waals surface area contributed by atoms with Crippen LogP contribution < -0.4 is 5.32 Å². The minimum absolute atomic E-state index is 0.00000283. The Kier molecular flexibility index (Phi) is 3.50. The SMILES string of the molecule is Cc1ccccc1NC(C(=O)O)c1ccc2ncoc2c1F. The number of nitrogens with zero attached hydrogens (tertiary/aromatic N) is 1. The van der Waals surface area contributed by atoms with Gasteiger partial charge in [-0.3, -0.25) is 0 Å². The molecule has 0 fully saturated rings. The van der Waals surface area contributed by atoms with Crippen LogP contribution in [-0.2, 0) is 4.79 Å². The first-order valence-corrected chi connectivity index (χ1v) is 6.64. The number of hydrogen-bond donors (Lipinski definition) is 2. The van der Waals surface area contributed by atoms with E-state index in [4.69, 9.17) is 4.42 Å². The van der Waals surface area contributed by atoms with Gasteiger partial charge in [0.15, 0.2) is 23.8 Å². The summed E-state index contributed by atoms with van der Waals surface area (Å²) in [7, 11) is 0. The van der Waals surface area contributed by atoms with Crippen molar-refractivity contribution in [2.45, 2.75) is 13.0 Å². The zero-order chi connectivity index (χ0) is 15.7. The highest BCUT2D eigenvalue weighted by atomic mass is 19.1. The molecule has 0 aliphatic carbocycles. The molecule has 0 amide bonds. The molecule has 0 saturated heterocycles. The van der Waals surface area contributed by atoms with Gasteiger partial charge in [0.25, 0.3) is 0 Å². The Bertz CT molecular complexity index is 844. The Morgan fingerprint density at radius 3 is 2.82 bits per heavy atom. The first kappa shape index (κ1) is 14.1. The third-order valence-electron chi connectivity index (χ3n) is 3.47. The van der Waals surface area contributed by atoms with Crippen molar-refractivity contribution in [3.63, 3.8) is 0 Å². The van der Waals surface area contributed by atoms with Crippen molar-refractivity contribution in [1.82, 2.24) is 4.98 Å². The zero-order valence-corrected chi connectivity index (χ0v) is 11.7. The number of anilines is 1. The van der Waals surface area contributed by atoms with Crippen LogP contribution in [0.25, 0.3) is 11.1 Å². The van der Waals surface area contributed by atoms with Crippen molar-refractivity contribution in [3.05, 3.63) is 59.7 Å².